The molecule has 100 valence electrons. The number of hydrogen-bond donors (Lipinski definition) is 0. The van der Waals surface area contributed by atoms with E-state index in [1.54, 1.807) is 6.20 Å². The number of nitrogens with zero attached hydrogens (tertiary/aromatic N) is 2. The van der Waals surface area contributed by atoms with Gasteiger partial charge in [-0.25, -0.2) is 0 Å². The monoisotopic (exact) mass is 402 g/mol. The van der Waals surface area contributed by atoms with Crippen LogP contribution in [-0.4, -0.2) is 29.3 Å². The summed E-state index contributed by atoms with van der Waals surface area (Å²) in [6.07, 6.45) is 3.56. The van der Waals surface area contributed by atoms with Gasteiger partial charge in [0.1, 0.15) is 0 Å². The molecule has 0 unspecified atom stereocenters. The van der Waals surface area contributed by atoms with E-state index in [0.29, 0.717) is 13.1 Å². The molecule has 0 saturated heterocycles. The molecule has 0 bridgehead atoms. The second-order valence-corrected chi connectivity index (χ2v) is 7.94. The third-order valence-electron chi connectivity index (χ3n) is 2.55. The predicted octanol–water partition coefficient (Wildman–Crippen LogP) is 3.98. The van der Waals surface area contributed by atoms with Gasteiger partial charge in [0.15, 0.2) is 5.78 Å². The number of aromatic nitrogens is 1. The summed E-state index contributed by atoms with van der Waals surface area (Å²) in [5.41, 5.74) is 1.83. The smallest absolute Gasteiger partial charge is 0.178 e. The first-order valence-corrected chi connectivity index (χ1v) is 8.02. The summed E-state index contributed by atoms with van der Waals surface area (Å²) < 4.78 is 1.83. The van der Waals surface area contributed by atoms with Crippen LogP contribution in [0.1, 0.15) is 15.9 Å². The third kappa shape index (κ3) is 4.21. The number of hydrogen-bond acceptors (Lipinski definition) is 4. The van der Waals surface area contributed by atoms with Crippen molar-refractivity contribution < 1.29 is 4.79 Å². The number of halogens is 2. The number of rotatable bonds is 5. The number of ketones is 1. The second kappa shape index (κ2) is 6.74. The Morgan fingerprint density at radius 2 is 2.26 bits per heavy atom. The highest BCUT2D eigenvalue weighted by atomic mass is 79.9. The van der Waals surface area contributed by atoms with Crippen LogP contribution in [-0.2, 0) is 6.54 Å². The molecular weight excluding hydrogens is 392 g/mol. The number of Topliss-reactive ketones (excluding diaryl/α,β-unsaturated/α-hetero) is 1. The van der Waals surface area contributed by atoms with Crippen molar-refractivity contribution in [3.63, 3.8) is 0 Å². The predicted molar refractivity (Wildman–Crippen MR) is 84.6 cm³/mol. The van der Waals surface area contributed by atoms with Crippen molar-refractivity contribution in [2.24, 2.45) is 0 Å². The lowest BCUT2D eigenvalue weighted by Crippen LogP contribution is -2.25. The Hall–Kier alpha value is -0.560. The maximum atomic E-state index is 12.2. The molecule has 19 heavy (non-hydrogen) atoms. The van der Waals surface area contributed by atoms with Crippen LogP contribution < -0.4 is 0 Å². The van der Waals surface area contributed by atoms with Gasteiger partial charge in [-0.1, -0.05) is 6.07 Å². The molecular formula is C13H12Br2N2OS. The molecule has 0 aliphatic rings. The Bertz CT molecular complexity index is 571. The van der Waals surface area contributed by atoms with Gasteiger partial charge in [-0.2, -0.15) is 0 Å². The zero-order valence-electron chi connectivity index (χ0n) is 10.3. The van der Waals surface area contributed by atoms with Gasteiger partial charge in [0.25, 0.3) is 0 Å². The molecule has 2 heterocycles. The lowest BCUT2D eigenvalue weighted by atomic mass is 10.2. The minimum atomic E-state index is 0.111. The molecule has 0 aliphatic heterocycles. The lowest BCUT2D eigenvalue weighted by molar-refractivity contribution is 0.0943. The fraction of sp³-hybridized carbons (Fsp3) is 0.231. The topological polar surface area (TPSA) is 33.2 Å². The second-order valence-electron chi connectivity index (χ2n) is 4.19. The molecule has 3 nitrogen and oxygen atoms in total. The molecule has 2 aromatic rings. The average molecular weight is 404 g/mol. The van der Waals surface area contributed by atoms with Crippen molar-refractivity contribution in [2.45, 2.75) is 6.54 Å². The maximum absolute atomic E-state index is 12.2. The van der Waals surface area contributed by atoms with Crippen LogP contribution in [0.5, 0.6) is 0 Å². The summed E-state index contributed by atoms with van der Waals surface area (Å²) in [5.74, 6) is 0.111. The molecule has 0 atom stereocenters. The van der Waals surface area contributed by atoms with E-state index in [2.05, 4.69) is 36.8 Å². The summed E-state index contributed by atoms with van der Waals surface area (Å²) in [4.78, 5) is 18.2. The van der Waals surface area contributed by atoms with E-state index in [9.17, 15) is 4.79 Å². The summed E-state index contributed by atoms with van der Waals surface area (Å²) >= 11 is 8.31. The summed E-state index contributed by atoms with van der Waals surface area (Å²) in [7, 11) is 1.93. The Balaban J connectivity index is 1.97. The van der Waals surface area contributed by atoms with Gasteiger partial charge in [0.05, 0.1) is 14.1 Å². The standard InChI is InChI=1S/C13H12Br2N2OS/c1-17(7-9-3-2-4-16-6-9)8-11(18)10-5-12(14)19-13(10)15/h2-6H,7-8H2,1H3. The van der Waals surface area contributed by atoms with E-state index < -0.39 is 0 Å². The average Bonchev–Trinajstić information content (AvgIpc) is 2.69. The van der Waals surface area contributed by atoms with E-state index in [-0.39, 0.29) is 5.78 Å². The van der Waals surface area contributed by atoms with Gasteiger partial charge < -0.3 is 0 Å². The van der Waals surface area contributed by atoms with Crippen LogP contribution in [0.15, 0.2) is 38.2 Å². The number of likely N-dealkylation sites (N-methyl/N-ethyl adjacent to an activating group) is 1. The van der Waals surface area contributed by atoms with Crippen molar-refractivity contribution in [3.05, 3.63) is 49.3 Å². The normalized spacial score (nSPS) is 10.9. The van der Waals surface area contributed by atoms with Crippen LogP contribution in [0.4, 0.5) is 0 Å². The number of carbonyl (C=O) groups is 1. The van der Waals surface area contributed by atoms with Crippen molar-refractivity contribution in [2.75, 3.05) is 13.6 Å². The molecule has 6 heteroatoms. The summed E-state index contributed by atoms with van der Waals surface area (Å²) in [6, 6.07) is 5.76. The molecule has 2 aromatic heterocycles. The summed E-state index contributed by atoms with van der Waals surface area (Å²) in [6.45, 7) is 1.10. The van der Waals surface area contributed by atoms with Gasteiger partial charge in [-0.05, 0) is 56.6 Å². The van der Waals surface area contributed by atoms with Crippen molar-refractivity contribution in [3.8, 4) is 0 Å². The number of thiophene rings is 1. The van der Waals surface area contributed by atoms with Crippen molar-refractivity contribution in [1.29, 1.82) is 0 Å². The zero-order chi connectivity index (χ0) is 13.8. The Labute approximate surface area is 132 Å². The van der Waals surface area contributed by atoms with E-state index in [1.165, 1.54) is 11.3 Å². The molecule has 0 fully saturated rings. The van der Waals surface area contributed by atoms with E-state index in [4.69, 9.17) is 0 Å². The van der Waals surface area contributed by atoms with E-state index >= 15 is 0 Å². The Morgan fingerprint density at radius 3 is 2.84 bits per heavy atom. The first kappa shape index (κ1) is 14.8. The van der Waals surface area contributed by atoms with Crippen LogP contribution in [0, 0.1) is 0 Å². The highest BCUT2D eigenvalue weighted by molar-refractivity contribution is 9.12. The maximum Gasteiger partial charge on any atom is 0.178 e. The van der Waals surface area contributed by atoms with Gasteiger partial charge in [-0.15, -0.1) is 11.3 Å². The molecule has 0 aliphatic carbocycles. The van der Waals surface area contributed by atoms with Crippen LogP contribution >= 0.6 is 43.2 Å². The van der Waals surface area contributed by atoms with Gasteiger partial charge in [-0.3, -0.25) is 14.7 Å². The molecule has 2 rings (SSSR count). The molecule has 0 radical (unpaired) electrons. The van der Waals surface area contributed by atoms with Gasteiger partial charge >= 0.3 is 0 Å². The highest BCUT2D eigenvalue weighted by Gasteiger charge is 2.15. The largest absolute Gasteiger partial charge is 0.295 e. The fourth-order valence-corrected chi connectivity index (χ4v) is 4.58. The lowest BCUT2D eigenvalue weighted by Gasteiger charge is -2.15. The van der Waals surface area contributed by atoms with E-state index in [0.717, 1.165) is 18.7 Å². The Morgan fingerprint density at radius 1 is 1.47 bits per heavy atom. The highest BCUT2D eigenvalue weighted by Crippen LogP contribution is 2.32. The quantitative estimate of drug-likeness (QED) is 0.707. The zero-order valence-corrected chi connectivity index (χ0v) is 14.3. The molecule has 0 aromatic carbocycles. The first-order valence-electron chi connectivity index (χ1n) is 5.61. The molecule has 0 amide bonds. The van der Waals surface area contributed by atoms with Crippen molar-refractivity contribution >= 4 is 49.0 Å². The number of carbonyl (C=O) groups excluding carboxylic acids is 1. The van der Waals surface area contributed by atoms with Crippen LogP contribution in [0.25, 0.3) is 0 Å². The van der Waals surface area contributed by atoms with Crippen LogP contribution in [0.2, 0.25) is 0 Å². The van der Waals surface area contributed by atoms with Gasteiger partial charge in [0.2, 0.25) is 0 Å². The first-order chi connectivity index (χ1) is 9.06. The third-order valence-corrected chi connectivity index (χ3v) is 4.89. The minimum Gasteiger partial charge on any atom is -0.295 e. The van der Waals surface area contributed by atoms with E-state index in [1.807, 2.05) is 36.3 Å². The summed E-state index contributed by atoms with van der Waals surface area (Å²) in [5, 5.41) is 0. The number of pyridine rings is 1. The van der Waals surface area contributed by atoms with Gasteiger partial charge in [0, 0.05) is 24.5 Å². The Kier molecular flexibility index (Phi) is 5.27. The molecule has 0 spiro atoms. The molecule has 0 N–H and O–H groups in total. The fourth-order valence-electron chi connectivity index (χ4n) is 1.72. The SMILES string of the molecule is CN(CC(=O)c1cc(Br)sc1Br)Cc1cccnc1. The van der Waals surface area contributed by atoms with Crippen LogP contribution in [0.3, 0.4) is 0 Å². The molecule has 0 saturated carbocycles. The minimum absolute atomic E-state index is 0.111. The van der Waals surface area contributed by atoms with Crippen molar-refractivity contribution in [1.82, 2.24) is 9.88 Å².